The third-order valence-corrected chi connectivity index (χ3v) is 5.58. The molecule has 0 spiro atoms. The van der Waals surface area contributed by atoms with Crippen LogP contribution in [0.4, 0.5) is 4.39 Å². The number of aliphatic hydroxyl groups excluding tert-OH is 3. The standard InChI is InChI=1S/C25H27FN2O5/c1-16(30)25-27-10-11-28(25)19(13-29)7-4-17-2-5-18(6-3-17)21-9-8-20(12-22(21)26)33-24-15-32-14-23(24)31/h2-12,16,19,23-24,29-31H,13-15H2,1H3/b7-4+/t16-,19-,23-,24-/m0/s1. The minimum absolute atomic E-state index is 0.145. The molecular formula is C25H27FN2O5. The van der Waals surface area contributed by atoms with E-state index in [9.17, 15) is 19.7 Å². The predicted octanol–water partition coefficient (Wildman–Crippen LogP) is 3.13. The van der Waals surface area contributed by atoms with E-state index in [1.54, 1.807) is 36.0 Å². The first-order valence-corrected chi connectivity index (χ1v) is 10.8. The predicted molar refractivity (Wildman–Crippen MR) is 121 cm³/mol. The van der Waals surface area contributed by atoms with Crippen molar-refractivity contribution in [1.82, 2.24) is 9.55 Å². The van der Waals surface area contributed by atoms with Crippen LogP contribution in [0, 0.1) is 5.82 Å². The van der Waals surface area contributed by atoms with Crippen LogP contribution < -0.4 is 4.74 Å². The molecule has 1 aromatic heterocycles. The van der Waals surface area contributed by atoms with Crippen molar-refractivity contribution in [3.05, 3.63) is 78.1 Å². The molecule has 3 N–H and O–H groups in total. The summed E-state index contributed by atoms with van der Waals surface area (Å²) in [4.78, 5) is 4.14. The van der Waals surface area contributed by atoms with Crippen molar-refractivity contribution in [1.29, 1.82) is 0 Å². The van der Waals surface area contributed by atoms with Crippen LogP contribution in [-0.4, -0.2) is 56.9 Å². The molecule has 1 saturated heterocycles. The number of hydrogen-bond acceptors (Lipinski definition) is 6. The molecule has 4 rings (SSSR count). The minimum atomic E-state index is -0.745. The molecule has 174 valence electrons. The number of ether oxygens (including phenoxy) is 2. The van der Waals surface area contributed by atoms with Gasteiger partial charge >= 0.3 is 0 Å². The summed E-state index contributed by atoms with van der Waals surface area (Å²) in [6, 6.07) is 11.6. The highest BCUT2D eigenvalue weighted by Crippen LogP contribution is 2.28. The number of hydrogen-bond donors (Lipinski definition) is 3. The number of benzene rings is 2. The summed E-state index contributed by atoms with van der Waals surface area (Å²) in [6.07, 6.45) is 5.03. The minimum Gasteiger partial charge on any atom is -0.485 e. The van der Waals surface area contributed by atoms with Crippen molar-refractivity contribution in [2.24, 2.45) is 0 Å². The number of aliphatic hydroxyl groups is 3. The molecule has 4 atom stereocenters. The van der Waals surface area contributed by atoms with E-state index < -0.39 is 24.1 Å². The van der Waals surface area contributed by atoms with E-state index in [2.05, 4.69) is 4.98 Å². The lowest BCUT2D eigenvalue weighted by Crippen LogP contribution is -2.29. The monoisotopic (exact) mass is 454 g/mol. The second-order valence-electron chi connectivity index (χ2n) is 8.00. The lowest BCUT2D eigenvalue weighted by atomic mass is 10.0. The molecule has 33 heavy (non-hydrogen) atoms. The lowest BCUT2D eigenvalue weighted by Gasteiger charge is -2.16. The number of imidazole rings is 1. The number of aromatic nitrogens is 2. The fourth-order valence-corrected chi connectivity index (χ4v) is 3.78. The van der Waals surface area contributed by atoms with Crippen molar-refractivity contribution in [3.63, 3.8) is 0 Å². The van der Waals surface area contributed by atoms with Gasteiger partial charge < -0.3 is 29.4 Å². The molecule has 0 saturated carbocycles. The first-order valence-electron chi connectivity index (χ1n) is 10.8. The molecule has 1 aliphatic heterocycles. The second kappa shape index (κ2) is 10.3. The topological polar surface area (TPSA) is 97.0 Å². The summed E-state index contributed by atoms with van der Waals surface area (Å²) >= 11 is 0. The third kappa shape index (κ3) is 5.31. The van der Waals surface area contributed by atoms with Crippen LogP contribution in [0.15, 0.2) is 60.9 Å². The molecule has 1 aliphatic rings. The Kier molecular flexibility index (Phi) is 7.20. The average Bonchev–Trinajstić information content (AvgIpc) is 3.45. The van der Waals surface area contributed by atoms with Crippen molar-refractivity contribution in [2.45, 2.75) is 31.3 Å². The lowest BCUT2D eigenvalue weighted by molar-refractivity contribution is 0.0731. The summed E-state index contributed by atoms with van der Waals surface area (Å²) in [5, 5.41) is 29.4. The maximum Gasteiger partial charge on any atom is 0.150 e. The van der Waals surface area contributed by atoms with Crippen LogP contribution in [0.25, 0.3) is 17.2 Å². The van der Waals surface area contributed by atoms with Crippen LogP contribution in [0.5, 0.6) is 5.75 Å². The van der Waals surface area contributed by atoms with Crippen LogP contribution in [0.2, 0.25) is 0 Å². The van der Waals surface area contributed by atoms with Gasteiger partial charge in [0.25, 0.3) is 0 Å². The number of rotatable bonds is 8. The summed E-state index contributed by atoms with van der Waals surface area (Å²) in [5.74, 6) is 0.402. The summed E-state index contributed by atoms with van der Waals surface area (Å²) in [5.41, 5.74) is 2.03. The van der Waals surface area contributed by atoms with Crippen LogP contribution in [-0.2, 0) is 4.74 Å². The molecule has 2 aromatic carbocycles. The molecule has 3 aromatic rings. The first kappa shape index (κ1) is 23.1. The molecule has 0 radical (unpaired) electrons. The van der Waals surface area contributed by atoms with Gasteiger partial charge in [0.1, 0.15) is 35.7 Å². The molecule has 7 nitrogen and oxygen atoms in total. The van der Waals surface area contributed by atoms with E-state index in [0.717, 1.165) is 5.56 Å². The smallest absolute Gasteiger partial charge is 0.150 e. The Morgan fingerprint density at radius 3 is 2.67 bits per heavy atom. The maximum atomic E-state index is 14.7. The van der Waals surface area contributed by atoms with Crippen molar-refractivity contribution < 1.29 is 29.2 Å². The molecule has 8 heteroatoms. The van der Waals surface area contributed by atoms with Gasteiger partial charge in [0.05, 0.1) is 25.9 Å². The van der Waals surface area contributed by atoms with Gasteiger partial charge in [0.15, 0.2) is 0 Å². The SMILES string of the molecule is C[C@H](O)c1nccn1[C@@H](/C=C/c1ccc(-c2ccc(O[C@H]3COC[C@@H]3O)cc2F)cc1)CO. The van der Waals surface area contributed by atoms with E-state index in [1.165, 1.54) is 6.07 Å². The van der Waals surface area contributed by atoms with E-state index in [0.29, 0.717) is 22.7 Å². The van der Waals surface area contributed by atoms with Gasteiger partial charge in [-0.2, -0.15) is 0 Å². The summed E-state index contributed by atoms with van der Waals surface area (Å²) in [6.45, 7) is 1.97. The van der Waals surface area contributed by atoms with E-state index >= 15 is 0 Å². The molecule has 2 heterocycles. The van der Waals surface area contributed by atoms with Gasteiger partial charge in [-0.25, -0.2) is 9.37 Å². The molecule has 0 amide bonds. The summed E-state index contributed by atoms with van der Waals surface area (Å²) in [7, 11) is 0. The zero-order valence-corrected chi connectivity index (χ0v) is 18.2. The first-order chi connectivity index (χ1) is 16.0. The normalized spacial score (nSPS) is 20.3. The van der Waals surface area contributed by atoms with Crippen molar-refractivity contribution >= 4 is 6.08 Å². The molecule has 0 aliphatic carbocycles. The highest BCUT2D eigenvalue weighted by atomic mass is 19.1. The number of nitrogens with zero attached hydrogens (tertiary/aromatic N) is 2. The third-order valence-electron chi connectivity index (χ3n) is 5.58. The Hall–Kier alpha value is -3.04. The Morgan fingerprint density at radius 1 is 1.24 bits per heavy atom. The van der Waals surface area contributed by atoms with E-state index in [1.807, 2.05) is 36.4 Å². The summed E-state index contributed by atoms with van der Waals surface area (Å²) < 4.78 is 27.2. The Balaban J connectivity index is 1.46. The van der Waals surface area contributed by atoms with Crippen molar-refractivity contribution in [3.8, 4) is 16.9 Å². The van der Waals surface area contributed by atoms with E-state index in [-0.39, 0.29) is 25.9 Å². The van der Waals surface area contributed by atoms with Gasteiger partial charge in [0.2, 0.25) is 0 Å². The van der Waals surface area contributed by atoms with Gasteiger partial charge in [-0.1, -0.05) is 36.4 Å². The average molecular weight is 454 g/mol. The highest BCUT2D eigenvalue weighted by Gasteiger charge is 2.28. The van der Waals surface area contributed by atoms with E-state index in [4.69, 9.17) is 9.47 Å². The molecule has 1 fully saturated rings. The van der Waals surface area contributed by atoms with Crippen LogP contribution in [0.3, 0.4) is 0 Å². The Labute approximate surface area is 191 Å². The zero-order valence-electron chi connectivity index (χ0n) is 18.2. The fourth-order valence-electron chi connectivity index (χ4n) is 3.78. The van der Waals surface area contributed by atoms with Gasteiger partial charge in [-0.15, -0.1) is 0 Å². The van der Waals surface area contributed by atoms with Crippen LogP contribution in [0.1, 0.15) is 30.5 Å². The highest BCUT2D eigenvalue weighted by molar-refractivity contribution is 5.67. The van der Waals surface area contributed by atoms with Gasteiger partial charge in [0, 0.05) is 24.0 Å². The molecular weight excluding hydrogens is 427 g/mol. The van der Waals surface area contributed by atoms with Gasteiger partial charge in [-0.05, 0) is 30.2 Å². The largest absolute Gasteiger partial charge is 0.485 e. The van der Waals surface area contributed by atoms with Gasteiger partial charge in [-0.3, -0.25) is 0 Å². The maximum absolute atomic E-state index is 14.7. The Bertz CT molecular complexity index is 1100. The fraction of sp³-hybridized carbons (Fsp3) is 0.320. The van der Waals surface area contributed by atoms with Crippen LogP contribution >= 0.6 is 0 Å². The van der Waals surface area contributed by atoms with Crippen molar-refractivity contribution in [2.75, 3.05) is 19.8 Å². The number of halogens is 1. The second-order valence-corrected chi connectivity index (χ2v) is 8.00. The Morgan fingerprint density at radius 2 is 2.03 bits per heavy atom. The quantitative estimate of drug-likeness (QED) is 0.484. The zero-order chi connectivity index (χ0) is 23.4. The molecule has 0 bridgehead atoms. The molecule has 0 unspecified atom stereocenters.